The van der Waals surface area contributed by atoms with Crippen LogP contribution in [0.5, 0.6) is 0 Å². The Hall–Kier alpha value is -2.40. The SMILES string of the molecule is C=C(C)C[C@@H]1N(c2ccc(C)cc2)C(=O)[C@@H]2[C@@H](C(=O)[O-])[C@@H]3C=C[C@]21O3. The van der Waals surface area contributed by atoms with Gasteiger partial charge in [0.2, 0.25) is 5.91 Å². The lowest BCUT2D eigenvalue weighted by Crippen LogP contribution is -2.46. The highest BCUT2D eigenvalue weighted by atomic mass is 16.5. The van der Waals surface area contributed by atoms with Crippen LogP contribution in [0.1, 0.15) is 18.9 Å². The molecule has 5 heteroatoms. The van der Waals surface area contributed by atoms with Gasteiger partial charge in [-0.15, -0.1) is 6.58 Å². The van der Waals surface area contributed by atoms with E-state index in [1.807, 2.05) is 44.2 Å². The molecule has 1 aromatic carbocycles. The van der Waals surface area contributed by atoms with E-state index in [0.29, 0.717) is 6.42 Å². The zero-order valence-corrected chi connectivity index (χ0v) is 14.3. The van der Waals surface area contributed by atoms with Crippen molar-refractivity contribution in [2.75, 3.05) is 4.90 Å². The van der Waals surface area contributed by atoms with Crippen molar-refractivity contribution in [2.45, 2.75) is 38.0 Å². The molecule has 1 amide bonds. The number of aryl methyl sites for hydroxylation is 1. The van der Waals surface area contributed by atoms with Gasteiger partial charge in [-0.2, -0.15) is 0 Å². The number of rotatable bonds is 4. The molecule has 2 fully saturated rings. The number of hydrogen-bond donors (Lipinski definition) is 0. The van der Waals surface area contributed by atoms with Crippen LogP contribution in [-0.4, -0.2) is 29.6 Å². The number of anilines is 1. The molecule has 3 aliphatic rings. The lowest BCUT2D eigenvalue weighted by atomic mass is 9.74. The second-order valence-electron chi connectivity index (χ2n) is 7.34. The summed E-state index contributed by atoms with van der Waals surface area (Å²) in [6, 6.07) is 7.35. The van der Waals surface area contributed by atoms with E-state index in [4.69, 9.17) is 4.74 Å². The standard InChI is InChI=1S/C20H21NO4/c1-11(2)10-15-20-9-8-14(25-20)16(19(23)24)17(20)18(22)21(15)13-6-4-12(3)5-7-13/h4-9,14-17H,1,10H2,2-3H3,(H,23,24)/p-1/t14-,15-,16-,17-,20+/m0/s1. The van der Waals surface area contributed by atoms with Crippen molar-refractivity contribution >= 4 is 17.6 Å². The Kier molecular flexibility index (Phi) is 3.41. The molecule has 0 radical (unpaired) electrons. The smallest absolute Gasteiger partial charge is 0.234 e. The summed E-state index contributed by atoms with van der Waals surface area (Å²) in [6.45, 7) is 7.87. The van der Waals surface area contributed by atoms with Gasteiger partial charge in [-0.1, -0.05) is 35.4 Å². The molecule has 0 saturated carbocycles. The molecule has 0 aromatic heterocycles. The van der Waals surface area contributed by atoms with Crippen molar-refractivity contribution in [1.29, 1.82) is 0 Å². The molecule has 0 N–H and O–H groups in total. The van der Waals surface area contributed by atoms with E-state index >= 15 is 0 Å². The largest absolute Gasteiger partial charge is 0.550 e. The van der Waals surface area contributed by atoms with Crippen LogP contribution >= 0.6 is 0 Å². The van der Waals surface area contributed by atoms with E-state index in [0.717, 1.165) is 16.8 Å². The predicted molar refractivity (Wildman–Crippen MR) is 90.6 cm³/mol. The van der Waals surface area contributed by atoms with Crippen LogP contribution in [0.2, 0.25) is 0 Å². The minimum absolute atomic E-state index is 0.212. The van der Waals surface area contributed by atoms with Crippen LogP contribution < -0.4 is 10.0 Å². The first-order valence-corrected chi connectivity index (χ1v) is 8.47. The zero-order chi connectivity index (χ0) is 17.9. The van der Waals surface area contributed by atoms with Crippen LogP contribution in [0.3, 0.4) is 0 Å². The summed E-state index contributed by atoms with van der Waals surface area (Å²) < 4.78 is 6.08. The van der Waals surface area contributed by atoms with Crippen molar-refractivity contribution in [1.82, 2.24) is 0 Å². The quantitative estimate of drug-likeness (QED) is 0.778. The van der Waals surface area contributed by atoms with Crippen LogP contribution in [0, 0.1) is 18.8 Å². The van der Waals surface area contributed by atoms with Gasteiger partial charge in [0.25, 0.3) is 0 Å². The van der Waals surface area contributed by atoms with Gasteiger partial charge in [0.1, 0.15) is 5.60 Å². The number of carbonyl (C=O) groups excluding carboxylic acids is 2. The zero-order valence-electron chi connectivity index (χ0n) is 14.3. The molecule has 25 heavy (non-hydrogen) atoms. The Labute approximate surface area is 146 Å². The first-order chi connectivity index (χ1) is 11.8. The second-order valence-corrected chi connectivity index (χ2v) is 7.34. The topological polar surface area (TPSA) is 69.7 Å². The van der Waals surface area contributed by atoms with Gasteiger partial charge in [0, 0.05) is 17.6 Å². The first kappa shape index (κ1) is 16.1. The third-order valence-electron chi connectivity index (χ3n) is 5.55. The van der Waals surface area contributed by atoms with E-state index in [2.05, 4.69) is 6.58 Å². The van der Waals surface area contributed by atoms with Gasteiger partial charge in [-0.3, -0.25) is 4.79 Å². The number of nitrogens with zero attached hydrogens (tertiary/aromatic N) is 1. The van der Waals surface area contributed by atoms with Crippen molar-refractivity contribution < 1.29 is 19.4 Å². The molecule has 1 aromatic rings. The fraction of sp³-hybridized carbons (Fsp3) is 0.400. The molecule has 3 aliphatic heterocycles. The van der Waals surface area contributed by atoms with E-state index in [1.54, 1.807) is 11.0 Å². The molecule has 4 rings (SSSR count). The van der Waals surface area contributed by atoms with Gasteiger partial charge in [-0.25, -0.2) is 0 Å². The molecule has 1 spiro atoms. The third-order valence-corrected chi connectivity index (χ3v) is 5.55. The van der Waals surface area contributed by atoms with Crippen LogP contribution in [0.25, 0.3) is 0 Å². The minimum atomic E-state index is -1.23. The lowest BCUT2D eigenvalue weighted by Gasteiger charge is -2.33. The monoisotopic (exact) mass is 338 g/mol. The molecule has 5 nitrogen and oxygen atoms in total. The summed E-state index contributed by atoms with van der Waals surface area (Å²) >= 11 is 0. The van der Waals surface area contributed by atoms with E-state index in [1.165, 1.54) is 0 Å². The molecule has 0 aliphatic carbocycles. The predicted octanol–water partition coefficient (Wildman–Crippen LogP) is 1.37. The van der Waals surface area contributed by atoms with E-state index in [-0.39, 0.29) is 11.9 Å². The molecule has 2 bridgehead atoms. The number of amides is 1. The normalized spacial score (nSPS) is 35.3. The molecule has 0 unspecified atom stereocenters. The highest BCUT2D eigenvalue weighted by Crippen LogP contribution is 2.56. The van der Waals surface area contributed by atoms with E-state index in [9.17, 15) is 14.7 Å². The lowest BCUT2D eigenvalue weighted by molar-refractivity contribution is -0.313. The summed E-state index contributed by atoms with van der Waals surface area (Å²) in [5, 5.41) is 11.7. The Balaban J connectivity index is 1.84. The van der Waals surface area contributed by atoms with Crippen LogP contribution in [-0.2, 0) is 14.3 Å². The maximum atomic E-state index is 13.3. The molecular weight excluding hydrogens is 318 g/mol. The Morgan fingerprint density at radius 1 is 1.36 bits per heavy atom. The van der Waals surface area contributed by atoms with Gasteiger partial charge in [0.15, 0.2) is 0 Å². The molecule has 5 atom stereocenters. The average Bonchev–Trinajstić information content (AvgIpc) is 3.18. The Bertz CT molecular complexity index is 796. The van der Waals surface area contributed by atoms with Gasteiger partial charge < -0.3 is 19.5 Å². The fourth-order valence-corrected chi connectivity index (χ4v) is 4.51. The minimum Gasteiger partial charge on any atom is -0.550 e. The highest BCUT2D eigenvalue weighted by molar-refractivity contribution is 6.03. The number of ether oxygens (including phenoxy) is 1. The number of carbonyl (C=O) groups is 2. The molecule has 2 saturated heterocycles. The Morgan fingerprint density at radius 2 is 2.04 bits per heavy atom. The number of fused-ring (bicyclic) bond motifs is 1. The number of carboxylic acids is 1. The summed E-state index contributed by atoms with van der Waals surface area (Å²) in [7, 11) is 0. The third kappa shape index (κ3) is 2.12. The summed E-state index contributed by atoms with van der Waals surface area (Å²) in [5.41, 5.74) is 1.84. The molecular formula is C20H20NO4-. The first-order valence-electron chi connectivity index (χ1n) is 8.47. The number of hydrogen-bond acceptors (Lipinski definition) is 4. The van der Waals surface area contributed by atoms with Gasteiger partial charge in [-0.05, 0) is 32.4 Å². The van der Waals surface area contributed by atoms with Gasteiger partial charge in [0.05, 0.1) is 18.1 Å². The summed E-state index contributed by atoms with van der Waals surface area (Å²) in [4.78, 5) is 26.6. The second kappa shape index (κ2) is 5.30. The van der Waals surface area contributed by atoms with E-state index < -0.39 is 29.5 Å². The number of carboxylic acid groups (broad SMARTS) is 1. The van der Waals surface area contributed by atoms with Crippen molar-refractivity contribution in [3.05, 3.63) is 54.1 Å². The maximum absolute atomic E-state index is 13.3. The van der Waals surface area contributed by atoms with Crippen LogP contribution in [0.4, 0.5) is 5.69 Å². The fourth-order valence-electron chi connectivity index (χ4n) is 4.51. The Morgan fingerprint density at radius 3 is 2.64 bits per heavy atom. The van der Waals surface area contributed by atoms with Gasteiger partial charge >= 0.3 is 0 Å². The van der Waals surface area contributed by atoms with Crippen molar-refractivity contribution in [3.8, 4) is 0 Å². The van der Waals surface area contributed by atoms with Crippen molar-refractivity contribution in [2.24, 2.45) is 11.8 Å². The highest BCUT2D eigenvalue weighted by Gasteiger charge is 2.69. The number of aliphatic carboxylic acids is 1. The maximum Gasteiger partial charge on any atom is 0.234 e. The molecule has 3 heterocycles. The summed E-state index contributed by atoms with van der Waals surface area (Å²) in [5.74, 6) is -3.13. The summed E-state index contributed by atoms with van der Waals surface area (Å²) in [6.07, 6.45) is 3.59. The number of benzene rings is 1. The van der Waals surface area contributed by atoms with Crippen molar-refractivity contribution in [3.63, 3.8) is 0 Å². The van der Waals surface area contributed by atoms with Crippen LogP contribution in [0.15, 0.2) is 48.6 Å². The molecule has 130 valence electrons. The average molecular weight is 338 g/mol.